The lowest BCUT2D eigenvalue weighted by Gasteiger charge is -2.30. The number of hydrogen-bond donors (Lipinski definition) is 1. The van der Waals surface area contributed by atoms with E-state index in [0.717, 1.165) is 50.2 Å². The van der Waals surface area contributed by atoms with Gasteiger partial charge in [0.05, 0.1) is 6.04 Å². The van der Waals surface area contributed by atoms with Crippen molar-refractivity contribution in [2.24, 2.45) is 5.92 Å². The molecule has 1 aromatic rings. The summed E-state index contributed by atoms with van der Waals surface area (Å²) in [4.78, 5) is 7.03. The van der Waals surface area contributed by atoms with E-state index in [4.69, 9.17) is 4.52 Å². The van der Waals surface area contributed by atoms with Gasteiger partial charge in [-0.1, -0.05) is 30.8 Å². The van der Waals surface area contributed by atoms with Crippen molar-refractivity contribution in [3.05, 3.63) is 11.7 Å². The number of piperazine rings is 1. The molecule has 0 spiro atoms. The summed E-state index contributed by atoms with van der Waals surface area (Å²) in [5.74, 6) is 2.57. The normalized spacial score (nSPS) is 23.2. The van der Waals surface area contributed by atoms with Gasteiger partial charge >= 0.3 is 0 Å². The Bertz CT molecular complexity index is 408. The van der Waals surface area contributed by atoms with E-state index in [1.807, 2.05) is 0 Å². The lowest BCUT2D eigenvalue weighted by atomic mass is 10.0. The highest BCUT2D eigenvalue weighted by molar-refractivity contribution is 4.95. The van der Waals surface area contributed by atoms with E-state index in [0.29, 0.717) is 0 Å². The van der Waals surface area contributed by atoms with Crippen LogP contribution >= 0.6 is 0 Å². The van der Waals surface area contributed by atoms with Gasteiger partial charge in [0.15, 0.2) is 5.82 Å². The molecule has 1 saturated carbocycles. The van der Waals surface area contributed by atoms with Crippen LogP contribution in [0.2, 0.25) is 0 Å². The topological polar surface area (TPSA) is 54.2 Å². The third-order valence-corrected chi connectivity index (χ3v) is 4.80. The number of hydrogen-bond acceptors (Lipinski definition) is 5. The number of aromatic nitrogens is 2. The smallest absolute Gasteiger partial charge is 0.226 e. The van der Waals surface area contributed by atoms with Crippen molar-refractivity contribution >= 4 is 0 Å². The first-order chi connectivity index (χ1) is 9.83. The van der Waals surface area contributed by atoms with Crippen LogP contribution in [0.1, 0.15) is 56.8 Å². The van der Waals surface area contributed by atoms with Gasteiger partial charge in [0.2, 0.25) is 5.89 Å². The molecule has 0 radical (unpaired) electrons. The molecule has 1 unspecified atom stereocenters. The molecule has 1 aliphatic carbocycles. The zero-order valence-electron chi connectivity index (χ0n) is 12.5. The van der Waals surface area contributed by atoms with E-state index in [2.05, 4.69) is 27.3 Å². The SMILES string of the molecule is CC(c1noc(CCC2CCCC2)n1)N1CCNCC1. The van der Waals surface area contributed by atoms with Crippen LogP contribution in [-0.2, 0) is 6.42 Å². The molecule has 3 rings (SSSR count). The van der Waals surface area contributed by atoms with Gasteiger partial charge in [0.25, 0.3) is 0 Å². The van der Waals surface area contributed by atoms with Crippen molar-refractivity contribution in [3.63, 3.8) is 0 Å². The summed E-state index contributed by atoms with van der Waals surface area (Å²) < 4.78 is 5.43. The monoisotopic (exact) mass is 278 g/mol. The minimum Gasteiger partial charge on any atom is -0.339 e. The van der Waals surface area contributed by atoms with E-state index in [1.165, 1.54) is 32.1 Å². The summed E-state index contributed by atoms with van der Waals surface area (Å²) in [6.07, 6.45) is 7.74. The fourth-order valence-corrected chi connectivity index (χ4v) is 3.40. The minimum absolute atomic E-state index is 0.265. The first-order valence-corrected chi connectivity index (χ1v) is 8.10. The summed E-state index contributed by atoms with van der Waals surface area (Å²) >= 11 is 0. The number of aryl methyl sites for hydroxylation is 1. The maximum atomic E-state index is 5.43. The van der Waals surface area contributed by atoms with Crippen molar-refractivity contribution in [2.45, 2.75) is 51.5 Å². The molecule has 2 fully saturated rings. The maximum Gasteiger partial charge on any atom is 0.226 e. The zero-order chi connectivity index (χ0) is 13.8. The Labute approximate surface area is 121 Å². The maximum absolute atomic E-state index is 5.43. The second-order valence-corrected chi connectivity index (χ2v) is 6.20. The van der Waals surface area contributed by atoms with Gasteiger partial charge in [-0.2, -0.15) is 4.98 Å². The van der Waals surface area contributed by atoms with E-state index in [9.17, 15) is 0 Å². The molecule has 5 heteroatoms. The van der Waals surface area contributed by atoms with Crippen LogP contribution in [0, 0.1) is 5.92 Å². The summed E-state index contributed by atoms with van der Waals surface area (Å²) in [6, 6.07) is 0.265. The van der Waals surface area contributed by atoms with Crippen LogP contribution in [0.3, 0.4) is 0 Å². The van der Waals surface area contributed by atoms with Gasteiger partial charge in [-0.05, 0) is 19.3 Å². The Hall–Kier alpha value is -0.940. The fourth-order valence-electron chi connectivity index (χ4n) is 3.40. The molecule has 1 aromatic heterocycles. The summed E-state index contributed by atoms with van der Waals surface area (Å²) in [5.41, 5.74) is 0. The molecular formula is C15H26N4O. The molecule has 5 nitrogen and oxygen atoms in total. The Morgan fingerprint density at radius 3 is 2.80 bits per heavy atom. The second kappa shape index (κ2) is 6.68. The molecule has 2 aliphatic rings. The molecule has 112 valence electrons. The molecule has 1 N–H and O–H groups in total. The third kappa shape index (κ3) is 3.38. The number of nitrogens with one attached hydrogen (secondary N) is 1. The van der Waals surface area contributed by atoms with Crippen LogP contribution < -0.4 is 5.32 Å². The van der Waals surface area contributed by atoms with Gasteiger partial charge < -0.3 is 9.84 Å². The molecule has 1 atom stereocenters. The van der Waals surface area contributed by atoms with Crippen LogP contribution in [0.25, 0.3) is 0 Å². The molecular weight excluding hydrogens is 252 g/mol. The second-order valence-electron chi connectivity index (χ2n) is 6.20. The van der Waals surface area contributed by atoms with Crippen molar-refractivity contribution in [1.82, 2.24) is 20.4 Å². The van der Waals surface area contributed by atoms with Crippen molar-refractivity contribution in [3.8, 4) is 0 Å². The minimum atomic E-state index is 0.265. The highest BCUT2D eigenvalue weighted by Gasteiger charge is 2.23. The lowest BCUT2D eigenvalue weighted by molar-refractivity contribution is 0.176. The fraction of sp³-hybridized carbons (Fsp3) is 0.867. The molecule has 20 heavy (non-hydrogen) atoms. The van der Waals surface area contributed by atoms with Crippen molar-refractivity contribution < 1.29 is 4.52 Å². The average molecular weight is 278 g/mol. The zero-order valence-corrected chi connectivity index (χ0v) is 12.5. The first-order valence-electron chi connectivity index (χ1n) is 8.10. The van der Waals surface area contributed by atoms with Crippen LogP contribution in [0.5, 0.6) is 0 Å². The van der Waals surface area contributed by atoms with Gasteiger partial charge in [-0.25, -0.2) is 0 Å². The highest BCUT2D eigenvalue weighted by Crippen LogP contribution is 2.28. The number of rotatable bonds is 5. The van der Waals surface area contributed by atoms with E-state index in [1.54, 1.807) is 0 Å². The summed E-state index contributed by atoms with van der Waals surface area (Å²) in [7, 11) is 0. The highest BCUT2D eigenvalue weighted by atomic mass is 16.5. The van der Waals surface area contributed by atoms with Crippen molar-refractivity contribution in [1.29, 1.82) is 0 Å². The Morgan fingerprint density at radius 2 is 2.05 bits per heavy atom. The molecule has 0 amide bonds. The molecule has 0 aromatic carbocycles. The standard InChI is InChI=1S/C15H26N4O/c1-12(19-10-8-16-9-11-19)15-17-14(20-18-15)7-6-13-4-2-3-5-13/h12-13,16H,2-11H2,1H3. The van der Waals surface area contributed by atoms with Gasteiger partial charge in [0, 0.05) is 32.6 Å². The quantitative estimate of drug-likeness (QED) is 0.894. The van der Waals surface area contributed by atoms with Gasteiger partial charge in [-0.3, -0.25) is 4.90 Å². The van der Waals surface area contributed by atoms with Gasteiger partial charge in [-0.15, -0.1) is 0 Å². The average Bonchev–Trinajstić information content (AvgIpc) is 3.17. The summed E-state index contributed by atoms with van der Waals surface area (Å²) in [6.45, 7) is 6.41. The van der Waals surface area contributed by atoms with Gasteiger partial charge in [0.1, 0.15) is 0 Å². The molecule has 0 bridgehead atoms. The largest absolute Gasteiger partial charge is 0.339 e. The van der Waals surface area contributed by atoms with Crippen LogP contribution in [-0.4, -0.2) is 41.2 Å². The van der Waals surface area contributed by atoms with Crippen molar-refractivity contribution in [2.75, 3.05) is 26.2 Å². The molecule has 1 saturated heterocycles. The third-order valence-electron chi connectivity index (χ3n) is 4.80. The number of nitrogens with zero attached hydrogens (tertiary/aromatic N) is 3. The van der Waals surface area contributed by atoms with Crippen LogP contribution in [0.4, 0.5) is 0 Å². The van der Waals surface area contributed by atoms with Crippen LogP contribution in [0.15, 0.2) is 4.52 Å². The Kier molecular flexibility index (Phi) is 4.68. The van der Waals surface area contributed by atoms with E-state index < -0.39 is 0 Å². The molecule has 1 aliphatic heterocycles. The van der Waals surface area contributed by atoms with E-state index >= 15 is 0 Å². The lowest BCUT2D eigenvalue weighted by Crippen LogP contribution is -2.44. The Balaban J connectivity index is 1.52. The predicted octanol–water partition coefficient (Wildman–Crippen LogP) is 2.16. The molecule has 2 heterocycles. The Morgan fingerprint density at radius 1 is 1.30 bits per heavy atom. The summed E-state index contributed by atoms with van der Waals surface area (Å²) in [5, 5.41) is 7.56. The predicted molar refractivity (Wildman–Crippen MR) is 77.4 cm³/mol. The first kappa shape index (κ1) is 14.0. The van der Waals surface area contributed by atoms with E-state index in [-0.39, 0.29) is 6.04 Å².